The third kappa shape index (κ3) is 5.31. The van der Waals surface area contributed by atoms with Crippen molar-refractivity contribution >= 4 is 45.4 Å². The number of rotatable bonds is 8. The lowest BCUT2D eigenvalue weighted by atomic mass is 10.1. The first kappa shape index (κ1) is 23.1. The molecule has 0 radical (unpaired) electrons. The molecule has 0 unspecified atom stereocenters. The summed E-state index contributed by atoms with van der Waals surface area (Å²) in [6.07, 6.45) is 1.95. The first-order valence-electron chi connectivity index (χ1n) is 10.9. The van der Waals surface area contributed by atoms with Crippen LogP contribution in [0.1, 0.15) is 41.1 Å². The number of para-hydroxylation sites is 2. The maximum absolute atomic E-state index is 13.3. The molecule has 0 aliphatic heterocycles. The molecular formula is C25H25ClN2O4S. The van der Waals surface area contributed by atoms with E-state index in [1.807, 2.05) is 25.1 Å². The first-order chi connectivity index (χ1) is 16.0. The van der Waals surface area contributed by atoms with E-state index in [1.165, 1.54) is 11.3 Å². The van der Waals surface area contributed by atoms with E-state index in [2.05, 4.69) is 10.6 Å². The van der Waals surface area contributed by atoms with Crippen LogP contribution in [0.4, 0.5) is 10.7 Å². The summed E-state index contributed by atoms with van der Waals surface area (Å²) < 4.78 is 11.4. The zero-order valence-corrected chi connectivity index (χ0v) is 20.0. The summed E-state index contributed by atoms with van der Waals surface area (Å²) in [7, 11) is 0. The molecule has 0 fully saturated rings. The lowest BCUT2D eigenvalue weighted by Gasteiger charge is -2.16. The SMILES string of the molecule is CCOc1ccccc1NC(=O)c1c(NC(=O)[C@H](C)Oc2cccc(Cl)c2)sc2c1CCC2. The monoisotopic (exact) mass is 484 g/mol. The predicted molar refractivity (Wildman–Crippen MR) is 132 cm³/mol. The molecule has 1 heterocycles. The van der Waals surface area contributed by atoms with Crippen LogP contribution >= 0.6 is 22.9 Å². The smallest absolute Gasteiger partial charge is 0.265 e. The van der Waals surface area contributed by atoms with Gasteiger partial charge < -0.3 is 20.1 Å². The summed E-state index contributed by atoms with van der Waals surface area (Å²) in [5.41, 5.74) is 2.12. The Balaban J connectivity index is 1.54. The Kier molecular flexibility index (Phi) is 7.20. The average molecular weight is 485 g/mol. The number of aryl methyl sites for hydroxylation is 1. The van der Waals surface area contributed by atoms with Gasteiger partial charge in [0.2, 0.25) is 0 Å². The average Bonchev–Trinajstić information content (AvgIpc) is 3.36. The Morgan fingerprint density at radius 2 is 1.94 bits per heavy atom. The number of benzene rings is 2. The Hall–Kier alpha value is -3.03. The van der Waals surface area contributed by atoms with Crippen molar-refractivity contribution < 1.29 is 19.1 Å². The van der Waals surface area contributed by atoms with Crippen LogP contribution < -0.4 is 20.1 Å². The molecule has 1 aliphatic rings. The molecule has 1 atom stereocenters. The quantitative estimate of drug-likeness (QED) is 0.414. The number of anilines is 2. The maximum atomic E-state index is 13.3. The minimum atomic E-state index is -0.769. The van der Waals surface area contributed by atoms with E-state index in [1.54, 1.807) is 37.3 Å². The number of thiophene rings is 1. The van der Waals surface area contributed by atoms with E-state index in [0.29, 0.717) is 39.4 Å². The normalized spacial score (nSPS) is 13.2. The lowest BCUT2D eigenvalue weighted by molar-refractivity contribution is -0.122. The number of amides is 2. The van der Waals surface area contributed by atoms with Gasteiger partial charge in [-0.05, 0) is 69.0 Å². The zero-order chi connectivity index (χ0) is 23.4. The highest BCUT2D eigenvalue weighted by Crippen LogP contribution is 2.40. The van der Waals surface area contributed by atoms with Crippen LogP contribution in [0.2, 0.25) is 5.02 Å². The highest BCUT2D eigenvalue weighted by Gasteiger charge is 2.29. The molecule has 3 aromatic rings. The van der Waals surface area contributed by atoms with Gasteiger partial charge in [0.25, 0.3) is 11.8 Å². The fourth-order valence-electron chi connectivity index (χ4n) is 3.78. The van der Waals surface area contributed by atoms with Gasteiger partial charge in [-0.1, -0.05) is 29.8 Å². The van der Waals surface area contributed by atoms with E-state index < -0.39 is 6.10 Å². The fourth-order valence-corrected chi connectivity index (χ4v) is 5.25. The summed E-state index contributed by atoms with van der Waals surface area (Å²) in [6.45, 7) is 4.05. The van der Waals surface area contributed by atoms with E-state index in [-0.39, 0.29) is 11.8 Å². The molecule has 8 heteroatoms. The molecule has 2 N–H and O–H groups in total. The van der Waals surface area contributed by atoms with Gasteiger partial charge in [0.1, 0.15) is 16.5 Å². The van der Waals surface area contributed by atoms with Crippen LogP contribution in [-0.4, -0.2) is 24.5 Å². The highest BCUT2D eigenvalue weighted by atomic mass is 35.5. The van der Waals surface area contributed by atoms with E-state index in [0.717, 1.165) is 29.7 Å². The van der Waals surface area contributed by atoms with Crippen molar-refractivity contribution in [1.82, 2.24) is 0 Å². The second-order valence-electron chi connectivity index (χ2n) is 7.65. The third-order valence-electron chi connectivity index (χ3n) is 5.30. The van der Waals surface area contributed by atoms with Crippen LogP contribution in [0.25, 0.3) is 0 Å². The van der Waals surface area contributed by atoms with E-state index in [9.17, 15) is 9.59 Å². The van der Waals surface area contributed by atoms with Crippen LogP contribution in [0.3, 0.4) is 0 Å². The number of hydrogen-bond acceptors (Lipinski definition) is 5. The molecule has 2 aromatic carbocycles. The summed E-state index contributed by atoms with van der Waals surface area (Å²) in [5, 5.41) is 6.94. The standard InChI is InChI=1S/C25H25ClN2O4S/c1-3-31-20-12-5-4-11-19(20)27-24(30)22-18-10-7-13-21(18)33-25(22)28-23(29)15(2)32-17-9-6-8-16(26)14-17/h4-6,8-9,11-12,14-15H,3,7,10,13H2,1-2H3,(H,27,30)(H,28,29)/t15-/m0/s1. The molecular weight excluding hydrogens is 460 g/mol. The number of carbonyl (C=O) groups excluding carboxylic acids is 2. The Morgan fingerprint density at radius 3 is 2.73 bits per heavy atom. The van der Waals surface area contributed by atoms with Crippen molar-refractivity contribution in [3.8, 4) is 11.5 Å². The first-order valence-corrected chi connectivity index (χ1v) is 12.1. The van der Waals surface area contributed by atoms with E-state index >= 15 is 0 Å². The third-order valence-corrected chi connectivity index (χ3v) is 6.74. The number of hydrogen-bond donors (Lipinski definition) is 2. The van der Waals surface area contributed by atoms with Gasteiger partial charge >= 0.3 is 0 Å². The van der Waals surface area contributed by atoms with Crippen LogP contribution in [0, 0.1) is 0 Å². The zero-order valence-electron chi connectivity index (χ0n) is 18.4. The summed E-state index contributed by atoms with van der Waals surface area (Å²) >= 11 is 7.46. The molecule has 2 amide bonds. The molecule has 33 heavy (non-hydrogen) atoms. The van der Waals surface area contributed by atoms with Crippen LogP contribution in [0.15, 0.2) is 48.5 Å². The lowest BCUT2D eigenvalue weighted by Crippen LogP contribution is -2.30. The predicted octanol–water partition coefficient (Wildman–Crippen LogP) is 5.95. The second kappa shape index (κ2) is 10.3. The number of nitrogens with one attached hydrogen (secondary N) is 2. The molecule has 0 saturated carbocycles. The molecule has 4 rings (SSSR count). The van der Waals surface area contributed by atoms with Crippen molar-refractivity contribution in [3.05, 3.63) is 69.6 Å². The van der Waals surface area contributed by atoms with Gasteiger partial charge in [0.05, 0.1) is 17.9 Å². The van der Waals surface area contributed by atoms with Gasteiger partial charge in [-0.2, -0.15) is 0 Å². The Bertz CT molecular complexity index is 1180. The van der Waals surface area contributed by atoms with Gasteiger partial charge in [0.15, 0.2) is 6.10 Å². The fraction of sp³-hybridized carbons (Fsp3) is 0.280. The highest BCUT2D eigenvalue weighted by molar-refractivity contribution is 7.17. The van der Waals surface area contributed by atoms with Gasteiger partial charge in [-0.3, -0.25) is 9.59 Å². The number of carbonyl (C=O) groups is 2. The number of ether oxygens (including phenoxy) is 2. The summed E-state index contributed by atoms with van der Waals surface area (Å²) in [6, 6.07) is 14.2. The summed E-state index contributed by atoms with van der Waals surface area (Å²) in [4.78, 5) is 27.4. The van der Waals surface area contributed by atoms with Crippen LogP contribution in [0.5, 0.6) is 11.5 Å². The maximum Gasteiger partial charge on any atom is 0.265 e. The molecule has 0 saturated heterocycles. The van der Waals surface area contributed by atoms with Gasteiger partial charge in [-0.25, -0.2) is 0 Å². The molecule has 1 aliphatic carbocycles. The van der Waals surface area contributed by atoms with E-state index in [4.69, 9.17) is 21.1 Å². The molecule has 172 valence electrons. The Labute approximate surface area is 201 Å². The van der Waals surface area contributed by atoms with Gasteiger partial charge in [-0.15, -0.1) is 11.3 Å². The molecule has 1 aromatic heterocycles. The topological polar surface area (TPSA) is 76.7 Å². The largest absolute Gasteiger partial charge is 0.492 e. The van der Waals surface area contributed by atoms with Crippen molar-refractivity contribution in [2.75, 3.05) is 17.2 Å². The second-order valence-corrected chi connectivity index (χ2v) is 9.19. The number of fused-ring (bicyclic) bond motifs is 1. The number of halogens is 1. The molecule has 6 nitrogen and oxygen atoms in total. The molecule has 0 bridgehead atoms. The van der Waals surface area contributed by atoms with Crippen molar-refractivity contribution in [1.29, 1.82) is 0 Å². The minimum Gasteiger partial charge on any atom is -0.492 e. The minimum absolute atomic E-state index is 0.264. The van der Waals surface area contributed by atoms with Crippen molar-refractivity contribution in [2.45, 2.75) is 39.2 Å². The summed E-state index contributed by atoms with van der Waals surface area (Å²) in [5.74, 6) is 0.512. The van der Waals surface area contributed by atoms with Crippen LogP contribution in [-0.2, 0) is 17.6 Å². The van der Waals surface area contributed by atoms with Crippen molar-refractivity contribution in [3.63, 3.8) is 0 Å². The molecule has 0 spiro atoms. The van der Waals surface area contributed by atoms with Crippen molar-refractivity contribution in [2.24, 2.45) is 0 Å². The Morgan fingerprint density at radius 1 is 1.12 bits per heavy atom. The van der Waals surface area contributed by atoms with Gasteiger partial charge in [0, 0.05) is 9.90 Å².